The first kappa shape index (κ1) is 22.2. The smallest absolute Gasteiger partial charge is 0.175 e. The summed E-state index contributed by atoms with van der Waals surface area (Å²) in [5.74, 6) is 1.35. The molecule has 4 aromatic rings. The van der Waals surface area contributed by atoms with Gasteiger partial charge in [0.1, 0.15) is 6.33 Å². The van der Waals surface area contributed by atoms with Crippen LogP contribution in [-0.4, -0.2) is 62.2 Å². The normalized spacial score (nSPS) is 19.9. The standard InChI is InChI=1S/C28H34FN7/c1-16(2)22-23-21(33-25(22)20-10-36-26(31-15-32-36)18(4)17(20)3)8-30-27(24(23)29)35-13-28(14-35)11-34(12-28)9-19-6-5-7-19/h8,10,15-16,19,33H,5-7,9,11-14H2,1-4H3. The summed E-state index contributed by atoms with van der Waals surface area (Å²) in [6, 6.07) is 0. The number of fused-ring (bicyclic) bond motifs is 2. The van der Waals surface area contributed by atoms with E-state index in [9.17, 15) is 0 Å². The summed E-state index contributed by atoms with van der Waals surface area (Å²) in [6.45, 7) is 13.8. The van der Waals surface area contributed by atoms with E-state index in [0.29, 0.717) is 16.6 Å². The van der Waals surface area contributed by atoms with Crippen LogP contribution in [0.2, 0.25) is 0 Å². The molecule has 1 aliphatic carbocycles. The molecule has 0 atom stereocenters. The molecule has 0 amide bonds. The van der Waals surface area contributed by atoms with Crippen LogP contribution in [-0.2, 0) is 0 Å². The molecular formula is C28H34FN7. The molecule has 4 aromatic heterocycles. The Bertz CT molecular complexity index is 1480. The zero-order chi connectivity index (χ0) is 24.8. The third kappa shape index (κ3) is 3.16. The highest BCUT2D eigenvalue weighted by molar-refractivity contribution is 5.94. The quantitative estimate of drug-likeness (QED) is 0.426. The van der Waals surface area contributed by atoms with Crippen molar-refractivity contribution in [1.29, 1.82) is 0 Å². The molecule has 1 spiro atoms. The Morgan fingerprint density at radius 2 is 1.89 bits per heavy atom. The number of rotatable bonds is 5. The first-order valence-corrected chi connectivity index (χ1v) is 13.3. The molecule has 2 aliphatic heterocycles. The van der Waals surface area contributed by atoms with Gasteiger partial charge in [0.2, 0.25) is 0 Å². The molecule has 7 rings (SSSR count). The van der Waals surface area contributed by atoms with E-state index in [-0.39, 0.29) is 11.7 Å². The number of anilines is 1. The van der Waals surface area contributed by atoms with Gasteiger partial charge in [0, 0.05) is 55.3 Å². The number of nitrogens with one attached hydrogen (secondary N) is 1. The zero-order valence-electron chi connectivity index (χ0n) is 21.6. The number of hydrogen-bond acceptors (Lipinski definition) is 5. The predicted molar refractivity (Wildman–Crippen MR) is 140 cm³/mol. The predicted octanol–water partition coefficient (Wildman–Crippen LogP) is 5.07. The number of nitrogens with zero attached hydrogens (tertiary/aromatic N) is 6. The minimum Gasteiger partial charge on any atom is -0.353 e. The molecule has 36 heavy (non-hydrogen) atoms. The van der Waals surface area contributed by atoms with E-state index in [4.69, 9.17) is 0 Å². The third-order valence-corrected chi connectivity index (χ3v) is 8.98. The van der Waals surface area contributed by atoms with Crippen molar-refractivity contribution in [2.24, 2.45) is 11.3 Å². The fourth-order valence-corrected chi connectivity index (χ4v) is 6.81. The van der Waals surface area contributed by atoms with Crippen LogP contribution < -0.4 is 4.90 Å². The summed E-state index contributed by atoms with van der Waals surface area (Å²) in [5.41, 5.74) is 7.10. The molecule has 2 saturated heterocycles. The number of halogens is 1. The van der Waals surface area contributed by atoms with Crippen LogP contribution >= 0.6 is 0 Å². The fraction of sp³-hybridized carbons (Fsp3) is 0.536. The van der Waals surface area contributed by atoms with Crippen molar-refractivity contribution in [3.05, 3.63) is 41.2 Å². The highest BCUT2D eigenvalue weighted by atomic mass is 19.1. The van der Waals surface area contributed by atoms with Crippen LogP contribution in [0.5, 0.6) is 0 Å². The number of aromatic amines is 1. The van der Waals surface area contributed by atoms with Gasteiger partial charge in [0.25, 0.3) is 0 Å². The van der Waals surface area contributed by atoms with Crippen LogP contribution in [0.4, 0.5) is 10.2 Å². The minimum absolute atomic E-state index is 0.138. The Balaban J connectivity index is 1.22. The summed E-state index contributed by atoms with van der Waals surface area (Å²) < 4.78 is 18.0. The molecule has 1 N–H and O–H groups in total. The van der Waals surface area contributed by atoms with E-state index >= 15 is 4.39 Å². The monoisotopic (exact) mass is 487 g/mol. The van der Waals surface area contributed by atoms with Crippen molar-refractivity contribution in [2.75, 3.05) is 37.6 Å². The molecule has 0 bridgehead atoms. The Morgan fingerprint density at radius 1 is 1.11 bits per heavy atom. The summed E-state index contributed by atoms with van der Waals surface area (Å²) in [6.07, 6.45) is 9.58. The molecule has 1 saturated carbocycles. The number of hydrogen-bond donors (Lipinski definition) is 1. The van der Waals surface area contributed by atoms with Gasteiger partial charge in [-0.15, -0.1) is 0 Å². The third-order valence-electron chi connectivity index (χ3n) is 8.98. The first-order valence-electron chi connectivity index (χ1n) is 13.3. The summed E-state index contributed by atoms with van der Waals surface area (Å²) in [5, 5.41) is 5.03. The van der Waals surface area contributed by atoms with Crippen molar-refractivity contribution in [3.63, 3.8) is 0 Å². The van der Waals surface area contributed by atoms with Crippen molar-refractivity contribution >= 4 is 22.4 Å². The van der Waals surface area contributed by atoms with E-state index in [0.717, 1.165) is 71.2 Å². The van der Waals surface area contributed by atoms with Gasteiger partial charge in [-0.05, 0) is 55.2 Å². The second kappa shape index (κ2) is 7.75. The lowest BCUT2D eigenvalue weighted by molar-refractivity contribution is -0.0377. The molecular weight excluding hydrogens is 453 g/mol. The molecule has 3 fully saturated rings. The molecule has 0 aromatic carbocycles. The highest BCUT2D eigenvalue weighted by Crippen LogP contribution is 2.45. The van der Waals surface area contributed by atoms with E-state index in [1.54, 1.807) is 10.8 Å². The Kier molecular flexibility index (Phi) is 4.78. The highest BCUT2D eigenvalue weighted by Gasteiger charge is 2.52. The number of aromatic nitrogens is 5. The zero-order valence-corrected chi connectivity index (χ0v) is 21.6. The second-order valence-electron chi connectivity index (χ2n) is 11.9. The first-order chi connectivity index (χ1) is 17.3. The summed E-state index contributed by atoms with van der Waals surface area (Å²) >= 11 is 0. The number of pyridine rings is 2. The van der Waals surface area contributed by atoms with Gasteiger partial charge in [-0.1, -0.05) is 20.3 Å². The van der Waals surface area contributed by atoms with E-state index in [1.807, 2.05) is 12.4 Å². The molecule has 0 radical (unpaired) electrons. The van der Waals surface area contributed by atoms with Crippen molar-refractivity contribution in [2.45, 2.75) is 52.9 Å². The molecule has 188 valence electrons. The lowest BCUT2D eigenvalue weighted by atomic mass is 9.71. The van der Waals surface area contributed by atoms with Gasteiger partial charge in [-0.25, -0.2) is 18.9 Å². The fourth-order valence-electron chi connectivity index (χ4n) is 6.81. The largest absolute Gasteiger partial charge is 0.353 e. The maximum absolute atomic E-state index is 16.2. The van der Waals surface area contributed by atoms with E-state index in [2.05, 4.69) is 57.5 Å². The van der Waals surface area contributed by atoms with Crippen molar-refractivity contribution < 1.29 is 4.39 Å². The van der Waals surface area contributed by atoms with Crippen LogP contribution in [0.25, 0.3) is 27.8 Å². The average Bonchev–Trinajstić information content (AvgIpc) is 3.39. The van der Waals surface area contributed by atoms with E-state index in [1.165, 1.54) is 25.8 Å². The Labute approximate surface area is 210 Å². The lowest BCUT2D eigenvalue weighted by Crippen LogP contribution is -2.72. The van der Waals surface area contributed by atoms with Crippen LogP contribution in [0, 0.1) is 31.0 Å². The topological polar surface area (TPSA) is 65.4 Å². The summed E-state index contributed by atoms with van der Waals surface area (Å²) in [7, 11) is 0. The molecule has 8 heteroatoms. The summed E-state index contributed by atoms with van der Waals surface area (Å²) in [4.78, 5) is 17.3. The van der Waals surface area contributed by atoms with Gasteiger partial charge in [0.05, 0.1) is 17.4 Å². The SMILES string of the molecule is Cc1c(-c2[nH]c3cnc(N4CC5(CN(CC6CCC6)C5)C4)c(F)c3c2C(C)C)cn2ncnc2c1C. The number of likely N-dealkylation sites (tertiary alicyclic amines) is 1. The maximum Gasteiger partial charge on any atom is 0.175 e. The van der Waals surface area contributed by atoms with Gasteiger partial charge in [-0.2, -0.15) is 5.10 Å². The van der Waals surface area contributed by atoms with E-state index < -0.39 is 0 Å². The lowest BCUT2D eigenvalue weighted by Gasteiger charge is -2.61. The van der Waals surface area contributed by atoms with Crippen molar-refractivity contribution in [1.82, 2.24) is 29.5 Å². The molecule has 0 unspecified atom stereocenters. The minimum atomic E-state index is -0.199. The molecule has 3 aliphatic rings. The van der Waals surface area contributed by atoms with Gasteiger partial charge in [0.15, 0.2) is 17.3 Å². The van der Waals surface area contributed by atoms with Crippen LogP contribution in [0.1, 0.15) is 55.7 Å². The average molecular weight is 488 g/mol. The van der Waals surface area contributed by atoms with Gasteiger partial charge in [-0.3, -0.25) is 0 Å². The van der Waals surface area contributed by atoms with Gasteiger partial charge >= 0.3 is 0 Å². The molecule has 6 heterocycles. The van der Waals surface area contributed by atoms with Crippen LogP contribution in [0.3, 0.4) is 0 Å². The van der Waals surface area contributed by atoms with Gasteiger partial charge < -0.3 is 14.8 Å². The number of H-pyrrole nitrogens is 1. The maximum atomic E-state index is 16.2. The molecule has 7 nitrogen and oxygen atoms in total. The van der Waals surface area contributed by atoms with Crippen molar-refractivity contribution in [3.8, 4) is 11.3 Å². The second-order valence-corrected chi connectivity index (χ2v) is 11.9. The Morgan fingerprint density at radius 3 is 2.58 bits per heavy atom. The Hall–Kier alpha value is -3.00. The van der Waals surface area contributed by atoms with Crippen LogP contribution in [0.15, 0.2) is 18.7 Å². The number of aryl methyl sites for hydroxylation is 1.